The molecule has 0 saturated carbocycles. The summed E-state index contributed by atoms with van der Waals surface area (Å²) in [7, 11) is -8.16. The lowest BCUT2D eigenvalue weighted by molar-refractivity contribution is -0.438. The number of hydrogen-bond acceptors (Lipinski definition) is 9. The summed E-state index contributed by atoms with van der Waals surface area (Å²) in [4.78, 5) is 3.37. The van der Waals surface area contributed by atoms with E-state index in [4.69, 9.17) is 0 Å². The van der Waals surface area contributed by atoms with Crippen LogP contribution in [0.15, 0.2) is 154 Å². The second-order valence-electron chi connectivity index (χ2n) is 18.5. The van der Waals surface area contributed by atoms with Crippen LogP contribution in [-0.2, 0) is 31.1 Å². The van der Waals surface area contributed by atoms with E-state index in [0.717, 1.165) is 68.1 Å². The summed E-state index contributed by atoms with van der Waals surface area (Å²) in [5, 5.41) is 18.3. The molecular formula is C52H55N6O6S3+. The second-order valence-corrected chi connectivity index (χ2v) is 22.7. The number of para-hydroxylation sites is 1. The van der Waals surface area contributed by atoms with Crippen molar-refractivity contribution in [1.82, 2.24) is 20.2 Å². The molecule has 9 rings (SSSR count). The van der Waals surface area contributed by atoms with Gasteiger partial charge in [0.15, 0.2) is 5.71 Å². The lowest BCUT2D eigenvalue weighted by Crippen LogP contribution is -2.28. The Morgan fingerprint density at radius 3 is 2.04 bits per heavy atom. The number of anilines is 1. The average molecular weight is 956 g/mol. The van der Waals surface area contributed by atoms with E-state index >= 15 is 0 Å². The van der Waals surface area contributed by atoms with E-state index < -0.39 is 31.1 Å². The molecule has 0 bridgehead atoms. The van der Waals surface area contributed by atoms with Gasteiger partial charge in [0.2, 0.25) is 10.8 Å². The Kier molecular flexibility index (Phi) is 12.8. The maximum Gasteiger partial charge on any atom is 0.264 e. The quantitative estimate of drug-likeness (QED) is 0.0540. The van der Waals surface area contributed by atoms with Gasteiger partial charge in [-0.05, 0) is 137 Å². The predicted octanol–water partition coefficient (Wildman–Crippen LogP) is 10.7. The largest absolute Gasteiger partial charge is 0.344 e. The number of nitrogens with zero attached hydrogens (tertiary/aromatic N) is 6. The van der Waals surface area contributed by atoms with Gasteiger partial charge in [0.05, 0.1) is 22.6 Å². The molecule has 2 aliphatic heterocycles. The standard InChI is InChI=1S/C52H54N6O6S3/c1-51(2)45(56(32-12-14-34-66(59,60)61)43-28-24-36-16-8-10-20-41(36)47(43)51)30-26-38-22-23-39(49(38)65-50-53-54-55-58(50)40-18-6-5-7-19-40)27-31-46-52(3,4)48-42-21-11-9-17-37(42)25-29-44(48)57(46)33-13-15-35-67(62,63)64/h5-11,16-21,24-31H,12-15,22-23,32-35H2,1-4H3,(H-,59,60,61,62,63,64)/p+1. The predicted molar refractivity (Wildman–Crippen MR) is 269 cm³/mol. The topological polar surface area (TPSA) is 159 Å². The minimum Gasteiger partial charge on any atom is -0.344 e. The molecule has 1 aromatic heterocycles. The monoisotopic (exact) mass is 955 g/mol. The van der Waals surface area contributed by atoms with Crippen molar-refractivity contribution in [3.8, 4) is 5.69 Å². The van der Waals surface area contributed by atoms with Crippen molar-refractivity contribution in [1.29, 1.82) is 0 Å². The van der Waals surface area contributed by atoms with Crippen molar-refractivity contribution in [2.75, 3.05) is 29.5 Å². The average Bonchev–Trinajstić information content (AvgIpc) is 4.02. The third-order valence-corrected chi connectivity index (χ3v) is 16.1. The SMILES string of the molecule is CC1(C)C(=CC=C2CCC(C=CC3=[N+](CCCCS(=O)(=O)O)c4ccc5ccccc5c4C3(C)C)=C2Sc2nnnn2-c2ccccc2)N(CCCCS(=O)(=O)O)c2ccc3ccccc3c21. The minimum absolute atomic E-state index is 0.285. The molecule has 0 spiro atoms. The number of benzene rings is 5. The van der Waals surface area contributed by atoms with Gasteiger partial charge in [-0.2, -0.15) is 26.1 Å². The molecule has 5 aromatic carbocycles. The number of tetrazole rings is 1. The molecule has 3 aliphatic rings. The Morgan fingerprint density at radius 2 is 1.34 bits per heavy atom. The van der Waals surface area contributed by atoms with Gasteiger partial charge in [-0.3, -0.25) is 9.11 Å². The van der Waals surface area contributed by atoms with E-state index in [0.29, 0.717) is 43.9 Å². The molecule has 0 radical (unpaired) electrons. The van der Waals surface area contributed by atoms with Crippen LogP contribution in [0.25, 0.3) is 27.2 Å². The lowest BCUT2D eigenvalue weighted by Gasteiger charge is -2.27. The Labute approximate surface area is 397 Å². The van der Waals surface area contributed by atoms with Crippen LogP contribution in [0.4, 0.5) is 11.4 Å². The van der Waals surface area contributed by atoms with Gasteiger partial charge in [-0.25, -0.2) is 0 Å². The molecule has 0 unspecified atom stereocenters. The molecule has 12 nitrogen and oxygen atoms in total. The fourth-order valence-electron chi connectivity index (χ4n) is 10.2. The number of fused-ring (bicyclic) bond motifs is 6. The molecule has 2 N–H and O–H groups in total. The maximum absolute atomic E-state index is 11.7. The summed E-state index contributed by atoms with van der Waals surface area (Å²) in [6.07, 6.45) is 12.3. The number of thioether (sulfide) groups is 1. The first-order valence-electron chi connectivity index (χ1n) is 22.7. The van der Waals surface area contributed by atoms with Crippen LogP contribution < -0.4 is 4.90 Å². The maximum atomic E-state index is 11.7. The first kappa shape index (κ1) is 46.4. The molecule has 0 atom stereocenters. The smallest absolute Gasteiger partial charge is 0.264 e. The summed E-state index contributed by atoms with van der Waals surface area (Å²) in [6, 6.07) is 35.3. The first-order chi connectivity index (χ1) is 32.0. The van der Waals surface area contributed by atoms with Crippen molar-refractivity contribution in [2.24, 2.45) is 0 Å². The van der Waals surface area contributed by atoms with Crippen LogP contribution in [0.1, 0.15) is 77.3 Å². The van der Waals surface area contributed by atoms with Crippen molar-refractivity contribution in [3.05, 3.63) is 160 Å². The molecule has 0 fully saturated rings. The third kappa shape index (κ3) is 9.44. The Balaban J connectivity index is 1.15. The molecule has 3 heterocycles. The van der Waals surface area contributed by atoms with Gasteiger partial charge >= 0.3 is 0 Å². The normalized spacial score (nSPS) is 18.1. The molecular weight excluding hydrogens is 901 g/mol. The lowest BCUT2D eigenvalue weighted by atomic mass is 9.79. The Morgan fingerprint density at radius 1 is 0.701 bits per heavy atom. The number of rotatable bonds is 16. The van der Waals surface area contributed by atoms with Gasteiger partial charge < -0.3 is 4.90 Å². The van der Waals surface area contributed by atoms with E-state index in [1.807, 2.05) is 30.3 Å². The third-order valence-electron chi connectivity index (χ3n) is 13.3. The first-order valence-corrected chi connectivity index (χ1v) is 26.8. The van der Waals surface area contributed by atoms with E-state index in [1.54, 1.807) is 4.68 Å². The number of unbranched alkanes of at least 4 members (excludes halogenated alkanes) is 2. The van der Waals surface area contributed by atoms with Crippen LogP contribution in [0.5, 0.6) is 0 Å². The molecule has 346 valence electrons. The van der Waals surface area contributed by atoms with Gasteiger partial charge in [-0.15, -0.1) is 5.10 Å². The van der Waals surface area contributed by atoms with Crippen molar-refractivity contribution >= 4 is 70.6 Å². The van der Waals surface area contributed by atoms with Crippen LogP contribution in [0.3, 0.4) is 0 Å². The number of hydrogen-bond donors (Lipinski definition) is 2. The fourth-order valence-corrected chi connectivity index (χ4v) is 12.5. The number of allylic oxidation sites excluding steroid dienone is 7. The molecule has 6 aromatic rings. The van der Waals surface area contributed by atoms with Gasteiger partial charge in [0.25, 0.3) is 20.2 Å². The van der Waals surface area contributed by atoms with Crippen molar-refractivity contribution < 1.29 is 30.5 Å². The zero-order valence-corrected chi connectivity index (χ0v) is 40.6. The summed E-state index contributed by atoms with van der Waals surface area (Å²) in [6.45, 7) is 10.2. The number of aromatic nitrogens is 4. The second kappa shape index (κ2) is 18.4. The highest BCUT2D eigenvalue weighted by Crippen LogP contribution is 2.52. The zero-order valence-electron chi connectivity index (χ0n) is 38.1. The summed E-state index contributed by atoms with van der Waals surface area (Å²) in [5.41, 5.74) is 9.13. The van der Waals surface area contributed by atoms with Gasteiger partial charge in [0.1, 0.15) is 6.54 Å². The summed E-state index contributed by atoms with van der Waals surface area (Å²) < 4.78 is 69.8. The molecule has 67 heavy (non-hydrogen) atoms. The summed E-state index contributed by atoms with van der Waals surface area (Å²) in [5.74, 6) is -0.570. The Bertz CT molecular complexity index is 3300. The molecule has 0 saturated heterocycles. The van der Waals surface area contributed by atoms with Crippen LogP contribution in [0, 0.1) is 0 Å². The van der Waals surface area contributed by atoms with Gasteiger partial charge in [0, 0.05) is 52.4 Å². The van der Waals surface area contributed by atoms with E-state index in [-0.39, 0.29) is 11.5 Å². The fraction of sp³-hybridized carbons (Fsp3) is 0.308. The highest BCUT2D eigenvalue weighted by atomic mass is 32.2. The van der Waals surface area contributed by atoms with Crippen molar-refractivity contribution in [3.63, 3.8) is 0 Å². The molecule has 15 heteroatoms. The van der Waals surface area contributed by atoms with Crippen LogP contribution in [-0.4, -0.2) is 81.0 Å². The molecule has 0 amide bonds. The van der Waals surface area contributed by atoms with Crippen molar-refractivity contribution in [2.45, 2.75) is 82.2 Å². The Hall–Kier alpha value is -5.71. The highest BCUT2D eigenvalue weighted by Gasteiger charge is 2.46. The van der Waals surface area contributed by atoms with Crippen LogP contribution in [0.2, 0.25) is 0 Å². The van der Waals surface area contributed by atoms with E-state index in [2.05, 4.69) is 150 Å². The van der Waals surface area contributed by atoms with E-state index in [9.17, 15) is 25.9 Å². The van der Waals surface area contributed by atoms with Gasteiger partial charge in [-0.1, -0.05) is 98.8 Å². The van der Waals surface area contributed by atoms with Crippen LogP contribution >= 0.6 is 11.8 Å². The minimum atomic E-state index is -4.08. The van der Waals surface area contributed by atoms with E-state index in [1.165, 1.54) is 33.7 Å². The molecule has 1 aliphatic carbocycles. The highest BCUT2D eigenvalue weighted by molar-refractivity contribution is 8.03. The summed E-state index contributed by atoms with van der Waals surface area (Å²) >= 11 is 1.54. The zero-order chi connectivity index (χ0) is 47.1.